The predicted octanol–water partition coefficient (Wildman–Crippen LogP) is 8.05. The zero-order valence-electron chi connectivity index (χ0n) is 33.5. The van der Waals surface area contributed by atoms with E-state index in [0.29, 0.717) is 11.4 Å². The van der Waals surface area contributed by atoms with Gasteiger partial charge in [-0.25, -0.2) is 14.8 Å². The molecule has 1 amide bonds. The van der Waals surface area contributed by atoms with E-state index < -0.39 is 37.8 Å². The van der Waals surface area contributed by atoms with Crippen LogP contribution in [0.5, 0.6) is 0 Å². The summed E-state index contributed by atoms with van der Waals surface area (Å²) in [6.07, 6.45) is 23.8. The SMILES string of the molecule is CCCCCCCCCCCCCCCCCCO[Si](C)(C)C.Nc1nc2ncc(CNc3ccc(C(=O)NC(CCC(=O)O)C(=O)O)cc3)nc2c(=O)[nH]1. The minimum absolute atomic E-state index is 0.0524. The Morgan fingerprint density at radius 3 is 1.89 bits per heavy atom. The van der Waals surface area contributed by atoms with Crippen molar-refractivity contribution < 1.29 is 29.0 Å². The number of carboxylic acid groups (broad SMARTS) is 2. The van der Waals surface area contributed by atoms with Crippen LogP contribution in [-0.4, -0.2) is 69.0 Å². The number of carbonyl (C=O) groups is 3. The van der Waals surface area contributed by atoms with Crippen LogP contribution in [0.2, 0.25) is 19.6 Å². The van der Waals surface area contributed by atoms with Gasteiger partial charge >= 0.3 is 11.9 Å². The van der Waals surface area contributed by atoms with E-state index in [1.54, 1.807) is 12.1 Å². The van der Waals surface area contributed by atoms with Crippen LogP contribution in [-0.2, 0) is 20.6 Å². The Kier molecular flexibility index (Phi) is 22.5. The molecule has 2 aromatic heterocycles. The number of benzene rings is 1. The highest BCUT2D eigenvalue weighted by atomic mass is 28.4. The Balaban J connectivity index is 0.000000404. The summed E-state index contributed by atoms with van der Waals surface area (Å²) in [6, 6.07) is 4.86. The van der Waals surface area contributed by atoms with E-state index >= 15 is 0 Å². The molecule has 14 nitrogen and oxygen atoms in total. The predicted molar refractivity (Wildman–Crippen MR) is 221 cm³/mol. The van der Waals surface area contributed by atoms with E-state index in [0.717, 1.165) is 6.61 Å². The molecule has 3 aromatic rings. The molecule has 0 fully saturated rings. The molecular formula is C40H65N7O7Si. The maximum absolute atomic E-state index is 12.3. The number of hydrogen-bond donors (Lipinski definition) is 6. The number of carboxylic acids is 2. The number of unbranched alkanes of at least 4 members (excludes halogenated alkanes) is 15. The Hall–Kier alpha value is -4.37. The van der Waals surface area contributed by atoms with Gasteiger partial charge < -0.3 is 31.0 Å². The average Bonchev–Trinajstić information content (AvgIpc) is 3.13. The molecule has 15 heteroatoms. The van der Waals surface area contributed by atoms with Gasteiger partial charge in [0.2, 0.25) is 5.95 Å². The van der Waals surface area contributed by atoms with E-state index in [1.165, 1.54) is 121 Å². The van der Waals surface area contributed by atoms with Gasteiger partial charge in [0.25, 0.3) is 11.5 Å². The second kappa shape index (κ2) is 26.4. The lowest BCUT2D eigenvalue weighted by Gasteiger charge is -2.16. The summed E-state index contributed by atoms with van der Waals surface area (Å²) in [5.41, 5.74) is 6.47. The van der Waals surface area contributed by atoms with Crippen molar-refractivity contribution in [3.8, 4) is 0 Å². The van der Waals surface area contributed by atoms with Gasteiger partial charge in [0.05, 0.1) is 18.4 Å². The van der Waals surface area contributed by atoms with Crippen molar-refractivity contribution in [1.82, 2.24) is 25.3 Å². The molecule has 7 N–H and O–H groups in total. The van der Waals surface area contributed by atoms with Crippen LogP contribution in [0.4, 0.5) is 11.6 Å². The second-order valence-electron chi connectivity index (χ2n) is 15.0. The van der Waals surface area contributed by atoms with Crippen LogP contribution in [0.3, 0.4) is 0 Å². The standard InChI is InChI=1S/C21H46OSi.C19H19N7O6/c1-5-6-7-8-9-10-11-12-13-14-15-16-17-18-19-20-21-22-23(2,3)4;20-19-25-15-14(17(30)26-19)23-11(8-22-15)7-21-10-3-1-9(2-4-10)16(29)24-12(18(31)32)5-6-13(27)28/h5-21H2,1-4H3;1-4,8,12,21H,5-7H2,(H,24,29)(H,27,28)(H,31,32)(H3,20,22,25,26,30). The molecule has 0 aliphatic carbocycles. The number of nitrogens with one attached hydrogen (secondary N) is 3. The van der Waals surface area contributed by atoms with Crippen LogP contribution in [0.1, 0.15) is 139 Å². The van der Waals surface area contributed by atoms with Crippen molar-refractivity contribution in [1.29, 1.82) is 0 Å². The third kappa shape index (κ3) is 21.3. The molecule has 0 saturated carbocycles. The molecule has 55 heavy (non-hydrogen) atoms. The number of fused-ring (bicyclic) bond motifs is 1. The summed E-state index contributed by atoms with van der Waals surface area (Å²) < 4.78 is 5.89. The summed E-state index contributed by atoms with van der Waals surface area (Å²) in [5, 5.41) is 23.2. The monoisotopic (exact) mass is 783 g/mol. The number of nitrogen functional groups attached to an aromatic ring is 1. The van der Waals surface area contributed by atoms with Gasteiger partial charge in [0.15, 0.2) is 19.5 Å². The fourth-order valence-electron chi connectivity index (χ4n) is 5.78. The fraction of sp³-hybridized carbons (Fsp3) is 0.625. The molecule has 1 unspecified atom stereocenters. The number of H-pyrrole nitrogens is 1. The largest absolute Gasteiger partial charge is 0.481 e. The third-order valence-electron chi connectivity index (χ3n) is 8.89. The summed E-state index contributed by atoms with van der Waals surface area (Å²) in [6.45, 7) is 10.4. The van der Waals surface area contributed by atoms with Crippen molar-refractivity contribution in [2.45, 2.75) is 155 Å². The molecule has 0 spiro atoms. The van der Waals surface area contributed by atoms with E-state index in [9.17, 15) is 19.2 Å². The van der Waals surface area contributed by atoms with Crippen molar-refractivity contribution in [3.63, 3.8) is 0 Å². The third-order valence-corrected chi connectivity index (χ3v) is 9.96. The number of carbonyl (C=O) groups excluding carboxylic acids is 1. The van der Waals surface area contributed by atoms with Crippen LogP contribution in [0.25, 0.3) is 11.2 Å². The van der Waals surface area contributed by atoms with Crippen LogP contribution < -0.4 is 21.9 Å². The summed E-state index contributed by atoms with van der Waals surface area (Å²) >= 11 is 0. The van der Waals surface area contributed by atoms with Crippen molar-refractivity contribution in [2.24, 2.45) is 0 Å². The van der Waals surface area contributed by atoms with Gasteiger partial charge in [-0.05, 0) is 56.7 Å². The highest BCUT2D eigenvalue weighted by Gasteiger charge is 2.21. The molecule has 1 aromatic carbocycles. The Morgan fingerprint density at radius 1 is 0.836 bits per heavy atom. The summed E-state index contributed by atoms with van der Waals surface area (Å²) in [5.74, 6) is -3.16. The van der Waals surface area contributed by atoms with Crippen LogP contribution in [0, 0.1) is 0 Å². The van der Waals surface area contributed by atoms with Gasteiger partial charge in [-0.1, -0.05) is 103 Å². The van der Waals surface area contributed by atoms with E-state index in [1.807, 2.05) is 0 Å². The first-order valence-corrected chi connectivity index (χ1v) is 23.4. The van der Waals surface area contributed by atoms with Crippen LogP contribution in [0.15, 0.2) is 35.3 Å². The molecule has 0 radical (unpaired) electrons. The van der Waals surface area contributed by atoms with E-state index in [-0.39, 0.29) is 42.1 Å². The number of amides is 1. The number of anilines is 2. The second-order valence-corrected chi connectivity index (χ2v) is 19.5. The lowest BCUT2D eigenvalue weighted by Crippen LogP contribution is -2.41. The first-order valence-electron chi connectivity index (χ1n) is 20.0. The Bertz CT molecular complexity index is 1630. The molecule has 2 heterocycles. The lowest BCUT2D eigenvalue weighted by molar-refractivity contribution is -0.140. The zero-order chi connectivity index (χ0) is 40.5. The highest BCUT2D eigenvalue weighted by molar-refractivity contribution is 6.69. The smallest absolute Gasteiger partial charge is 0.326 e. The number of hydrogen-bond acceptors (Lipinski definition) is 10. The molecule has 0 aliphatic rings. The van der Waals surface area contributed by atoms with Crippen molar-refractivity contribution in [3.05, 3.63) is 52.1 Å². The molecule has 0 aliphatic heterocycles. The number of aromatic nitrogens is 4. The number of aliphatic carboxylic acids is 2. The fourth-order valence-corrected chi connectivity index (χ4v) is 6.54. The van der Waals surface area contributed by atoms with Gasteiger partial charge in [-0.15, -0.1) is 0 Å². The quantitative estimate of drug-likeness (QED) is 0.0319. The highest BCUT2D eigenvalue weighted by Crippen LogP contribution is 2.15. The number of nitrogens with two attached hydrogens (primary N) is 1. The maximum Gasteiger partial charge on any atom is 0.326 e. The van der Waals surface area contributed by atoms with Gasteiger partial charge in [0.1, 0.15) is 6.04 Å². The molecule has 1 atom stereocenters. The molecule has 306 valence electrons. The normalized spacial score (nSPS) is 11.8. The van der Waals surface area contributed by atoms with Crippen molar-refractivity contribution >= 4 is 49.0 Å². The van der Waals surface area contributed by atoms with Gasteiger partial charge in [-0.3, -0.25) is 19.4 Å². The molecule has 0 bridgehead atoms. The van der Waals surface area contributed by atoms with E-state index in [4.69, 9.17) is 20.4 Å². The maximum atomic E-state index is 12.3. The number of rotatable bonds is 27. The number of aromatic amines is 1. The Labute approximate surface area is 327 Å². The molecular weight excluding hydrogens is 719 g/mol. The summed E-state index contributed by atoms with van der Waals surface area (Å²) in [4.78, 5) is 60.6. The zero-order valence-corrected chi connectivity index (χ0v) is 34.5. The van der Waals surface area contributed by atoms with Crippen LogP contribution >= 0.6 is 0 Å². The topological polar surface area (TPSA) is 223 Å². The Morgan fingerprint density at radius 2 is 1.38 bits per heavy atom. The van der Waals surface area contributed by atoms with Gasteiger partial charge in [-0.2, -0.15) is 4.98 Å². The first kappa shape index (κ1) is 46.8. The van der Waals surface area contributed by atoms with E-state index in [2.05, 4.69) is 57.1 Å². The molecule has 0 saturated heterocycles. The minimum atomic E-state index is -1.31. The molecule has 3 rings (SSSR count). The van der Waals surface area contributed by atoms with Crippen molar-refractivity contribution in [2.75, 3.05) is 17.7 Å². The first-order chi connectivity index (χ1) is 26.3. The summed E-state index contributed by atoms with van der Waals surface area (Å²) in [7, 11) is -1.27. The number of nitrogens with zero attached hydrogens (tertiary/aromatic N) is 3. The average molecular weight is 784 g/mol. The lowest BCUT2D eigenvalue weighted by atomic mass is 10.0. The minimum Gasteiger partial charge on any atom is -0.481 e. The van der Waals surface area contributed by atoms with Gasteiger partial charge in [0, 0.05) is 24.3 Å².